The van der Waals surface area contributed by atoms with E-state index in [9.17, 15) is 13.2 Å². The van der Waals surface area contributed by atoms with Crippen LogP contribution in [0.2, 0.25) is 0 Å². The smallest absolute Gasteiger partial charge is 0.332 e. The first-order valence-electron chi connectivity index (χ1n) is 5.82. The number of fused-ring (bicyclic) bond motifs is 1. The van der Waals surface area contributed by atoms with Crippen molar-refractivity contribution in [2.75, 3.05) is 5.32 Å². The van der Waals surface area contributed by atoms with Gasteiger partial charge in [-0.3, -0.25) is 0 Å². The molecule has 0 saturated heterocycles. The molecule has 6 heteroatoms. The molecule has 3 rings (SSSR count). The molecule has 0 aliphatic heterocycles. The van der Waals surface area contributed by atoms with Crippen LogP contribution in [0, 0.1) is 0 Å². The summed E-state index contributed by atoms with van der Waals surface area (Å²) in [6.45, 7) is 0. The van der Waals surface area contributed by atoms with Crippen LogP contribution >= 0.6 is 11.3 Å². The van der Waals surface area contributed by atoms with E-state index in [2.05, 4.69) is 10.3 Å². The predicted octanol–water partition coefficient (Wildman–Crippen LogP) is 5.06. The lowest BCUT2D eigenvalue weighted by Crippen LogP contribution is -2.03. The van der Waals surface area contributed by atoms with Crippen LogP contribution in [-0.2, 0) is 6.18 Å². The molecule has 0 radical (unpaired) electrons. The maximum absolute atomic E-state index is 12.6. The average Bonchev–Trinajstić information content (AvgIpc) is 2.80. The number of thiazole rings is 1. The van der Waals surface area contributed by atoms with Gasteiger partial charge in [0.25, 0.3) is 0 Å². The van der Waals surface area contributed by atoms with Crippen molar-refractivity contribution in [1.29, 1.82) is 0 Å². The van der Waals surface area contributed by atoms with Crippen LogP contribution in [0.25, 0.3) is 10.2 Å². The Morgan fingerprint density at radius 1 is 1.00 bits per heavy atom. The van der Waals surface area contributed by atoms with Gasteiger partial charge in [-0.25, -0.2) is 4.98 Å². The van der Waals surface area contributed by atoms with Crippen molar-refractivity contribution in [2.45, 2.75) is 6.18 Å². The van der Waals surface area contributed by atoms with Crippen LogP contribution in [0.3, 0.4) is 0 Å². The lowest BCUT2D eigenvalue weighted by Gasteiger charge is -2.04. The molecule has 0 saturated carbocycles. The molecule has 1 aromatic heterocycles. The summed E-state index contributed by atoms with van der Waals surface area (Å²) < 4.78 is 38.4. The molecule has 102 valence electrons. The van der Waals surface area contributed by atoms with Gasteiger partial charge in [0.15, 0.2) is 5.13 Å². The molecule has 0 aliphatic carbocycles. The van der Waals surface area contributed by atoms with Crippen LogP contribution in [-0.4, -0.2) is 4.98 Å². The number of alkyl halides is 3. The summed E-state index contributed by atoms with van der Waals surface area (Å²) >= 11 is 1.20. The Kier molecular flexibility index (Phi) is 3.10. The Labute approximate surface area is 116 Å². The number of nitrogens with zero attached hydrogens (tertiary/aromatic N) is 1. The number of para-hydroxylation sites is 1. The van der Waals surface area contributed by atoms with Gasteiger partial charge in [-0.1, -0.05) is 29.5 Å². The Morgan fingerprint density at radius 3 is 2.45 bits per heavy atom. The molecule has 1 heterocycles. The zero-order valence-electron chi connectivity index (χ0n) is 10.1. The molecule has 0 unspecified atom stereocenters. The van der Waals surface area contributed by atoms with E-state index in [0.29, 0.717) is 15.3 Å². The Bertz CT molecular complexity index is 735. The molecular formula is C14H9F3N2S. The molecule has 0 spiro atoms. The van der Waals surface area contributed by atoms with E-state index in [1.165, 1.54) is 17.4 Å². The van der Waals surface area contributed by atoms with Gasteiger partial charge in [-0.05, 0) is 30.3 Å². The summed E-state index contributed by atoms with van der Waals surface area (Å²) in [5.41, 5.74) is 0.754. The van der Waals surface area contributed by atoms with Gasteiger partial charge in [0.2, 0.25) is 0 Å². The lowest BCUT2D eigenvalue weighted by atomic mass is 10.2. The Morgan fingerprint density at radius 2 is 1.75 bits per heavy atom. The molecule has 0 atom stereocenters. The molecule has 20 heavy (non-hydrogen) atoms. The number of benzene rings is 2. The van der Waals surface area contributed by atoms with Crippen molar-refractivity contribution in [1.82, 2.24) is 4.98 Å². The highest BCUT2D eigenvalue weighted by Crippen LogP contribution is 2.34. The Balaban J connectivity index is 1.95. The second-order valence-corrected chi connectivity index (χ2v) is 5.22. The van der Waals surface area contributed by atoms with E-state index in [4.69, 9.17) is 0 Å². The van der Waals surface area contributed by atoms with Crippen LogP contribution < -0.4 is 5.32 Å². The van der Waals surface area contributed by atoms with Gasteiger partial charge in [0.1, 0.15) is 0 Å². The topological polar surface area (TPSA) is 24.9 Å². The van der Waals surface area contributed by atoms with E-state index in [0.717, 1.165) is 17.8 Å². The minimum Gasteiger partial charge on any atom is -0.332 e. The van der Waals surface area contributed by atoms with Crippen molar-refractivity contribution >= 4 is 32.4 Å². The SMILES string of the molecule is FC(F)(F)c1ccc2nc(Nc3ccccc3)sc2c1. The number of hydrogen-bond donors (Lipinski definition) is 1. The second-order valence-electron chi connectivity index (χ2n) is 4.19. The molecule has 0 amide bonds. The maximum Gasteiger partial charge on any atom is 0.416 e. The zero-order chi connectivity index (χ0) is 14.2. The summed E-state index contributed by atoms with van der Waals surface area (Å²) in [6.07, 6.45) is -4.33. The first-order chi connectivity index (χ1) is 9.52. The van der Waals surface area contributed by atoms with Gasteiger partial charge in [-0.15, -0.1) is 0 Å². The third-order valence-corrected chi connectivity index (χ3v) is 3.67. The first kappa shape index (κ1) is 12.9. The highest BCUT2D eigenvalue weighted by atomic mass is 32.1. The number of halogens is 3. The van der Waals surface area contributed by atoms with Crippen molar-refractivity contribution in [3.05, 3.63) is 54.1 Å². The first-order valence-corrected chi connectivity index (χ1v) is 6.64. The molecular weight excluding hydrogens is 285 g/mol. The molecule has 3 aromatic rings. The van der Waals surface area contributed by atoms with Gasteiger partial charge < -0.3 is 5.32 Å². The van der Waals surface area contributed by atoms with Crippen LogP contribution in [0.5, 0.6) is 0 Å². The van der Waals surface area contributed by atoms with E-state index < -0.39 is 11.7 Å². The largest absolute Gasteiger partial charge is 0.416 e. The number of aromatic nitrogens is 1. The fraction of sp³-hybridized carbons (Fsp3) is 0.0714. The number of anilines is 2. The third-order valence-electron chi connectivity index (χ3n) is 2.74. The highest BCUT2D eigenvalue weighted by Gasteiger charge is 2.30. The summed E-state index contributed by atoms with van der Waals surface area (Å²) in [5, 5.41) is 3.65. The molecule has 0 aliphatic rings. The lowest BCUT2D eigenvalue weighted by molar-refractivity contribution is -0.137. The number of nitrogens with one attached hydrogen (secondary N) is 1. The quantitative estimate of drug-likeness (QED) is 0.714. The molecule has 0 fully saturated rings. The van der Waals surface area contributed by atoms with E-state index in [1.54, 1.807) is 0 Å². The van der Waals surface area contributed by atoms with E-state index in [-0.39, 0.29) is 0 Å². The average molecular weight is 294 g/mol. The summed E-state index contributed by atoms with van der Waals surface area (Å²) in [7, 11) is 0. The summed E-state index contributed by atoms with van der Waals surface area (Å²) in [4.78, 5) is 4.27. The van der Waals surface area contributed by atoms with E-state index in [1.807, 2.05) is 30.3 Å². The van der Waals surface area contributed by atoms with Gasteiger partial charge in [-0.2, -0.15) is 13.2 Å². The minimum absolute atomic E-state index is 0.512. The minimum atomic E-state index is -4.33. The zero-order valence-corrected chi connectivity index (χ0v) is 10.9. The summed E-state index contributed by atoms with van der Waals surface area (Å²) in [5.74, 6) is 0. The monoisotopic (exact) mass is 294 g/mol. The van der Waals surface area contributed by atoms with Crippen LogP contribution in [0.4, 0.5) is 24.0 Å². The van der Waals surface area contributed by atoms with Crippen LogP contribution in [0.1, 0.15) is 5.56 Å². The normalized spacial score (nSPS) is 11.8. The predicted molar refractivity (Wildman–Crippen MR) is 74.3 cm³/mol. The highest BCUT2D eigenvalue weighted by molar-refractivity contribution is 7.22. The molecule has 1 N–H and O–H groups in total. The fourth-order valence-corrected chi connectivity index (χ4v) is 2.72. The maximum atomic E-state index is 12.6. The fourth-order valence-electron chi connectivity index (χ4n) is 1.80. The van der Waals surface area contributed by atoms with Crippen molar-refractivity contribution in [3.8, 4) is 0 Å². The van der Waals surface area contributed by atoms with Gasteiger partial charge in [0, 0.05) is 5.69 Å². The molecule has 2 nitrogen and oxygen atoms in total. The van der Waals surface area contributed by atoms with Crippen molar-refractivity contribution in [3.63, 3.8) is 0 Å². The van der Waals surface area contributed by atoms with Crippen LogP contribution in [0.15, 0.2) is 48.5 Å². The third kappa shape index (κ3) is 2.60. The van der Waals surface area contributed by atoms with E-state index >= 15 is 0 Å². The Hall–Kier alpha value is -2.08. The van der Waals surface area contributed by atoms with Crippen molar-refractivity contribution < 1.29 is 13.2 Å². The number of hydrogen-bond acceptors (Lipinski definition) is 3. The van der Waals surface area contributed by atoms with Gasteiger partial charge in [0.05, 0.1) is 15.8 Å². The molecule has 2 aromatic carbocycles. The number of rotatable bonds is 2. The standard InChI is InChI=1S/C14H9F3N2S/c15-14(16,17)9-6-7-11-12(8-9)20-13(19-11)18-10-4-2-1-3-5-10/h1-8H,(H,18,19). The summed E-state index contributed by atoms with van der Waals surface area (Å²) in [6, 6.07) is 12.9. The second kappa shape index (κ2) is 4.79. The molecule has 0 bridgehead atoms. The van der Waals surface area contributed by atoms with Gasteiger partial charge >= 0.3 is 6.18 Å². The van der Waals surface area contributed by atoms with Crippen molar-refractivity contribution in [2.24, 2.45) is 0 Å².